The second-order valence-electron chi connectivity index (χ2n) is 5.09. The van der Waals surface area contributed by atoms with Gasteiger partial charge in [0.05, 0.1) is 0 Å². The molecule has 0 unspecified atom stereocenters. The largest absolute Gasteiger partial charge is 0.314 e. The number of hydrogen-bond donors (Lipinski definition) is 1. The number of unbranched alkanes of at least 4 members (excludes halogenated alkanes) is 1. The molecular weight excluding hydrogens is 170 g/mol. The Balaban J connectivity index is 3.50. The Morgan fingerprint density at radius 2 is 1.50 bits per heavy atom. The molecule has 0 heterocycles. The second-order valence-corrected chi connectivity index (χ2v) is 5.09. The van der Waals surface area contributed by atoms with Crippen LogP contribution >= 0.6 is 0 Å². The van der Waals surface area contributed by atoms with Gasteiger partial charge in [0, 0.05) is 6.04 Å². The lowest BCUT2D eigenvalue weighted by Gasteiger charge is -2.21. The average molecular weight is 199 g/mol. The highest BCUT2D eigenvalue weighted by molar-refractivity contribution is 4.69. The Morgan fingerprint density at radius 1 is 0.929 bits per heavy atom. The van der Waals surface area contributed by atoms with Crippen LogP contribution in [0.3, 0.4) is 0 Å². The van der Waals surface area contributed by atoms with Gasteiger partial charge in [0.25, 0.3) is 0 Å². The minimum absolute atomic E-state index is 0.729. The fourth-order valence-electron chi connectivity index (χ4n) is 1.85. The molecule has 0 aliphatic rings. The van der Waals surface area contributed by atoms with Gasteiger partial charge in [-0.25, -0.2) is 0 Å². The summed E-state index contributed by atoms with van der Waals surface area (Å²) in [5, 5.41) is 3.57. The second kappa shape index (κ2) is 8.28. The highest BCUT2D eigenvalue weighted by Gasteiger charge is 2.10. The number of nitrogens with one attached hydrogen (secondary N) is 1. The van der Waals surface area contributed by atoms with E-state index in [9.17, 15) is 0 Å². The van der Waals surface area contributed by atoms with Crippen molar-refractivity contribution >= 4 is 0 Å². The number of rotatable bonds is 8. The van der Waals surface area contributed by atoms with Crippen LogP contribution in [0.4, 0.5) is 0 Å². The van der Waals surface area contributed by atoms with Crippen molar-refractivity contribution in [2.24, 2.45) is 11.8 Å². The monoisotopic (exact) mass is 199 g/mol. The molecule has 0 spiro atoms. The molecule has 0 rings (SSSR count). The highest BCUT2D eigenvalue weighted by Crippen LogP contribution is 2.13. The molecular formula is C13H29N. The molecule has 1 nitrogen and oxygen atoms in total. The first-order chi connectivity index (χ1) is 6.57. The van der Waals surface area contributed by atoms with Crippen LogP contribution in [-0.2, 0) is 0 Å². The first-order valence-corrected chi connectivity index (χ1v) is 6.31. The lowest BCUT2D eigenvalue weighted by atomic mass is 9.96. The Labute approximate surface area is 90.7 Å². The molecule has 0 fully saturated rings. The summed E-state index contributed by atoms with van der Waals surface area (Å²) >= 11 is 0. The third kappa shape index (κ3) is 7.37. The first-order valence-electron chi connectivity index (χ1n) is 6.31. The van der Waals surface area contributed by atoms with Crippen LogP contribution < -0.4 is 5.32 Å². The van der Waals surface area contributed by atoms with E-state index in [1.807, 2.05) is 0 Å². The van der Waals surface area contributed by atoms with E-state index in [4.69, 9.17) is 0 Å². The fourth-order valence-corrected chi connectivity index (χ4v) is 1.85. The fraction of sp³-hybridized carbons (Fsp3) is 1.00. The molecule has 1 heteroatoms. The number of hydrogen-bond acceptors (Lipinski definition) is 1. The van der Waals surface area contributed by atoms with Crippen LogP contribution in [0.15, 0.2) is 0 Å². The van der Waals surface area contributed by atoms with Gasteiger partial charge in [-0.2, -0.15) is 0 Å². The molecule has 0 radical (unpaired) electrons. The maximum absolute atomic E-state index is 3.57. The summed E-state index contributed by atoms with van der Waals surface area (Å²) in [6, 6.07) is 0.729. The van der Waals surface area contributed by atoms with Crippen molar-refractivity contribution in [1.82, 2.24) is 5.32 Å². The van der Waals surface area contributed by atoms with Gasteiger partial charge in [0.1, 0.15) is 0 Å². The zero-order valence-electron chi connectivity index (χ0n) is 10.8. The molecule has 1 N–H and O–H groups in total. The molecule has 0 aromatic rings. The van der Waals surface area contributed by atoms with Gasteiger partial charge >= 0.3 is 0 Å². The van der Waals surface area contributed by atoms with E-state index in [0.717, 1.165) is 24.4 Å². The predicted octanol–water partition coefficient (Wildman–Crippen LogP) is 3.84. The summed E-state index contributed by atoms with van der Waals surface area (Å²) in [5.74, 6) is 1.64. The SMILES string of the molecule is CCN[C@@H](CCCCC(C)C)C(C)C. The van der Waals surface area contributed by atoms with Crippen LogP contribution in [0.1, 0.15) is 60.3 Å². The van der Waals surface area contributed by atoms with Crippen LogP contribution in [0.2, 0.25) is 0 Å². The Bertz CT molecular complexity index is 118. The minimum Gasteiger partial charge on any atom is -0.314 e. The van der Waals surface area contributed by atoms with Crippen molar-refractivity contribution in [3.05, 3.63) is 0 Å². The van der Waals surface area contributed by atoms with Crippen LogP contribution in [0, 0.1) is 11.8 Å². The summed E-state index contributed by atoms with van der Waals surface area (Å²) in [5.41, 5.74) is 0. The van der Waals surface area contributed by atoms with Gasteiger partial charge in [-0.1, -0.05) is 53.9 Å². The molecule has 86 valence electrons. The summed E-state index contributed by atoms with van der Waals surface area (Å²) in [6.07, 6.45) is 5.51. The Hall–Kier alpha value is -0.0400. The van der Waals surface area contributed by atoms with E-state index < -0.39 is 0 Å². The normalized spacial score (nSPS) is 13.9. The predicted molar refractivity (Wildman–Crippen MR) is 65.6 cm³/mol. The van der Waals surface area contributed by atoms with Crippen molar-refractivity contribution in [1.29, 1.82) is 0 Å². The van der Waals surface area contributed by atoms with E-state index in [0.29, 0.717) is 0 Å². The van der Waals surface area contributed by atoms with Gasteiger partial charge in [-0.3, -0.25) is 0 Å². The van der Waals surface area contributed by atoms with Crippen LogP contribution in [0.25, 0.3) is 0 Å². The van der Waals surface area contributed by atoms with Crippen LogP contribution in [0.5, 0.6) is 0 Å². The van der Waals surface area contributed by atoms with Crippen molar-refractivity contribution in [2.45, 2.75) is 66.3 Å². The third-order valence-corrected chi connectivity index (χ3v) is 2.82. The van der Waals surface area contributed by atoms with Crippen LogP contribution in [-0.4, -0.2) is 12.6 Å². The Morgan fingerprint density at radius 3 is 1.93 bits per heavy atom. The molecule has 0 aliphatic carbocycles. The lowest BCUT2D eigenvalue weighted by molar-refractivity contribution is 0.367. The molecule has 0 aliphatic heterocycles. The van der Waals surface area contributed by atoms with Crippen molar-refractivity contribution in [3.63, 3.8) is 0 Å². The van der Waals surface area contributed by atoms with E-state index in [1.165, 1.54) is 25.7 Å². The molecule has 0 saturated carbocycles. The topological polar surface area (TPSA) is 12.0 Å². The van der Waals surface area contributed by atoms with E-state index >= 15 is 0 Å². The zero-order valence-corrected chi connectivity index (χ0v) is 10.8. The molecule has 0 aromatic heterocycles. The average Bonchev–Trinajstić information content (AvgIpc) is 2.09. The van der Waals surface area contributed by atoms with E-state index in [-0.39, 0.29) is 0 Å². The summed E-state index contributed by atoms with van der Waals surface area (Å²) in [4.78, 5) is 0. The molecule has 14 heavy (non-hydrogen) atoms. The smallest absolute Gasteiger partial charge is 0.00899 e. The standard InChI is InChI=1S/C13H29N/c1-6-14-13(12(4)5)10-8-7-9-11(2)3/h11-14H,6-10H2,1-5H3/t13-/m0/s1. The lowest BCUT2D eigenvalue weighted by Crippen LogP contribution is -2.33. The van der Waals surface area contributed by atoms with Crippen molar-refractivity contribution < 1.29 is 0 Å². The minimum atomic E-state index is 0.729. The summed E-state index contributed by atoms with van der Waals surface area (Å²) in [6.45, 7) is 12.6. The Kier molecular flexibility index (Phi) is 8.26. The molecule has 0 saturated heterocycles. The highest BCUT2D eigenvalue weighted by atomic mass is 14.9. The van der Waals surface area contributed by atoms with E-state index in [2.05, 4.69) is 39.9 Å². The summed E-state index contributed by atoms with van der Waals surface area (Å²) < 4.78 is 0. The van der Waals surface area contributed by atoms with Gasteiger partial charge in [0.2, 0.25) is 0 Å². The molecule has 0 bridgehead atoms. The third-order valence-electron chi connectivity index (χ3n) is 2.82. The molecule has 0 aromatic carbocycles. The first kappa shape index (κ1) is 14.0. The molecule has 0 amide bonds. The summed E-state index contributed by atoms with van der Waals surface area (Å²) in [7, 11) is 0. The van der Waals surface area contributed by atoms with Gasteiger partial charge < -0.3 is 5.32 Å². The molecule has 1 atom stereocenters. The van der Waals surface area contributed by atoms with Crippen molar-refractivity contribution in [2.75, 3.05) is 6.54 Å². The quantitative estimate of drug-likeness (QED) is 0.586. The zero-order chi connectivity index (χ0) is 11.0. The maximum atomic E-state index is 3.57. The van der Waals surface area contributed by atoms with Gasteiger partial charge in [-0.15, -0.1) is 0 Å². The van der Waals surface area contributed by atoms with Gasteiger partial charge in [0.15, 0.2) is 0 Å². The van der Waals surface area contributed by atoms with Gasteiger partial charge in [-0.05, 0) is 24.8 Å². The maximum Gasteiger partial charge on any atom is 0.00899 e. The van der Waals surface area contributed by atoms with E-state index in [1.54, 1.807) is 0 Å². The van der Waals surface area contributed by atoms with Crippen molar-refractivity contribution in [3.8, 4) is 0 Å².